The molecule has 1 aromatic carbocycles. The Balaban J connectivity index is 0.00000180. The van der Waals surface area contributed by atoms with Crippen molar-refractivity contribution in [3.05, 3.63) is 42.0 Å². The molecule has 1 aliphatic rings. The summed E-state index contributed by atoms with van der Waals surface area (Å²) in [5, 5.41) is 0. The number of hydrogen-bond acceptors (Lipinski definition) is 2. The molecule has 104 valence electrons. The Labute approximate surface area is 131 Å². The van der Waals surface area contributed by atoms with Crippen LogP contribution < -0.4 is 5.73 Å². The molecule has 1 aliphatic heterocycles. The molecule has 2 N–H and O–H groups in total. The van der Waals surface area contributed by atoms with Gasteiger partial charge in [-0.25, -0.2) is 4.99 Å². The number of nitrogens with zero attached hydrogens (tertiary/aromatic N) is 2. The summed E-state index contributed by atoms with van der Waals surface area (Å²) in [6.07, 6.45) is 4.07. The molecular weight excluding hydrogens is 353 g/mol. The normalized spacial score (nSPS) is 16.4. The summed E-state index contributed by atoms with van der Waals surface area (Å²) in [5.74, 6) is 0.607. The van der Waals surface area contributed by atoms with Gasteiger partial charge in [0.2, 0.25) is 0 Å². The summed E-state index contributed by atoms with van der Waals surface area (Å²) in [6.45, 7) is 3.74. The molecule has 1 saturated heterocycles. The summed E-state index contributed by atoms with van der Waals surface area (Å²) >= 11 is 0. The van der Waals surface area contributed by atoms with Crippen molar-refractivity contribution in [3.63, 3.8) is 0 Å². The van der Waals surface area contributed by atoms with Gasteiger partial charge in [0, 0.05) is 13.1 Å². The predicted molar refractivity (Wildman–Crippen MR) is 89.8 cm³/mol. The van der Waals surface area contributed by atoms with Crippen molar-refractivity contribution < 1.29 is 4.74 Å². The Kier molecular flexibility index (Phi) is 7.50. The molecule has 0 bridgehead atoms. The van der Waals surface area contributed by atoms with Crippen LogP contribution in [0.2, 0.25) is 0 Å². The van der Waals surface area contributed by atoms with E-state index in [4.69, 9.17) is 10.5 Å². The molecular formula is C14H20IN3O. The van der Waals surface area contributed by atoms with Crippen LogP contribution >= 0.6 is 24.0 Å². The van der Waals surface area contributed by atoms with Crippen molar-refractivity contribution in [1.29, 1.82) is 0 Å². The fraction of sp³-hybridized carbons (Fsp3) is 0.357. The molecule has 19 heavy (non-hydrogen) atoms. The van der Waals surface area contributed by atoms with E-state index in [1.165, 1.54) is 5.56 Å². The summed E-state index contributed by atoms with van der Waals surface area (Å²) in [6, 6.07) is 10.2. The summed E-state index contributed by atoms with van der Waals surface area (Å²) in [4.78, 5) is 6.40. The molecule has 4 nitrogen and oxygen atoms in total. The first-order valence-corrected chi connectivity index (χ1v) is 6.20. The van der Waals surface area contributed by atoms with Crippen molar-refractivity contribution in [2.75, 3.05) is 32.8 Å². The van der Waals surface area contributed by atoms with Crippen LogP contribution in [0.5, 0.6) is 0 Å². The minimum atomic E-state index is 0. The molecule has 1 fully saturated rings. The Morgan fingerprint density at radius 2 is 1.95 bits per heavy atom. The quantitative estimate of drug-likeness (QED) is 0.501. The first-order valence-electron chi connectivity index (χ1n) is 6.20. The van der Waals surface area contributed by atoms with Crippen LogP contribution in [-0.4, -0.2) is 43.7 Å². The zero-order valence-corrected chi connectivity index (χ0v) is 13.2. The van der Waals surface area contributed by atoms with E-state index in [1.54, 1.807) is 0 Å². The van der Waals surface area contributed by atoms with Gasteiger partial charge in [-0.15, -0.1) is 24.0 Å². The van der Waals surface area contributed by atoms with Crippen molar-refractivity contribution in [2.45, 2.75) is 0 Å². The molecule has 0 atom stereocenters. The molecule has 0 aliphatic carbocycles. The number of rotatable bonds is 3. The first kappa shape index (κ1) is 16.0. The smallest absolute Gasteiger partial charge is 0.191 e. The van der Waals surface area contributed by atoms with Gasteiger partial charge in [0.1, 0.15) is 0 Å². The van der Waals surface area contributed by atoms with Crippen LogP contribution in [0.1, 0.15) is 5.56 Å². The van der Waals surface area contributed by atoms with Gasteiger partial charge in [0.15, 0.2) is 5.96 Å². The number of hydrogen-bond donors (Lipinski definition) is 1. The van der Waals surface area contributed by atoms with Crippen LogP contribution in [0.4, 0.5) is 0 Å². The highest BCUT2D eigenvalue weighted by atomic mass is 127. The van der Waals surface area contributed by atoms with E-state index in [9.17, 15) is 0 Å². The highest BCUT2D eigenvalue weighted by molar-refractivity contribution is 14.0. The number of guanidine groups is 1. The molecule has 0 aromatic heterocycles. The van der Waals surface area contributed by atoms with Crippen molar-refractivity contribution in [3.8, 4) is 0 Å². The molecule has 0 saturated carbocycles. The van der Waals surface area contributed by atoms with Gasteiger partial charge < -0.3 is 15.4 Å². The second-order valence-electron chi connectivity index (χ2n) is 4.11. The number of benzene rings is 1. The third kappa shape index (κ3) is 5.61. The third-order valence-electron chi connectivity index (χ3n) is 2.80. The fourth-order valence-corrected chi connectivity index (χ4v) is 1.79. The molecule has 0 spiro atoms. The van der Waals surface area contributed by atoms with E-state index < -0.39 is 0 Å². The van der Waals surface area contributed by atoms with Gasteiger partial charge in [-0.1, -0.05) is 42.5 Å². The SMILES string of the molecule is I.NC(=NC/C=C/c1ccccc1)N1CCOCC1. The lowest BCUT2D eigenvalue weighted by Gasteiger charge is -2.27. The Morgan fingerprint density at radius 3 is 2.63 bits per heavy atom. The van der Waals surface area contributed by atoms with Gasteiger partial charge >= 0.3 is 0 Å². The van der Waals surface area contributed by atoms with Crippen LogP contribution in [0, 0.1) is 0 Å². The van der Waals surface area contributed by atoms with E-state index in [-0.39, 0.29) is 24.0 Å². The summed E-state index contributed by atoms with van der Waals surface area (Å²) in [7, 11) is 0. The van der Waals surface area contributed by atoms with E-state index in [0.29, 0.717) is 12.5 Å². The zero-order valence-electron chi connectivity index (χ0n) is 10.9. The standard InChI is InChI=1S/C14H19N3O.HI/c15-14(17-9-11-18-12-10-17)16-8-4-7-13-5-2-1-3-6-13;/h1-7H,8-12H2,(H2,15,16);1H/b7-4+;. The zero-order chi connectivity index (χ0) is 12.6. The highest BCUT2D eigenvalue weighted by Crippen LogP contribution is 2.01. The molecule has 0 radical (unpaired) electrons. The lowest BCUT2D eigenvalue weighted by molar-refractivity contribution is 0.0674. The maximum absolute atomic E-state index is 5.91. The topological polar surface area (TPSA) is 50.8 Å². The van der Waals surface area contributed by atoms with Crippen molar-refractivity contribution in [1.82, 2.24) is 4.90 Å². The number of aliphatic imine (C=N–C) groups is 1. The monoisotopic (exact) mass is 373 g/mol. The molecule has 2 rings (SSSR count). The first-order chi connectivity index (χ1) is 8.86. The minimum Gasteiger partial charge on any atom is -0.378 e. The van der Waals surface area contributed by atoms with Gasteiger partial charge in [-0.2, -0.15) is 0 Å². The van der Waals surface area contributed by atoms with E-state index >= 15 is 0 Å². The van der Waals surface area contributed by atoms with Crippen molar-refractivity contribution in [2.24, 2.45) is 10.7 Å². The molecule has 1 heterocycles. The van der Waals surface area contributed by atoms with Crippen LogP contribution in [0.25, 0.3) is 6.08 Å². The average molecular weight is 373 g/mol. The number of halogens is 1. The largest absolute Gasteiger partial charge is 0.378 e. The molecule has 5 heteroatoms. The fourth-order valence-electron chi connectivity index (χ4n) is 1.79. The second-order valence-corrected chi connectivity index (χ2v) is 4.11. The lowest BCUT2D eigenvalue weighted by Crippen LogP contribution is -2.44. The van der Waals surface area contributed by atoms with Gasteiger partial charge in [0.05, 0.1) is 19.8 Å². The van der Waals surface area contributed by atoms with Gasteiger partial charge in [-0.05, 0) is 5.56 Å². The van der Waals surface area contributed by atoms with E-state index in [0.717, 1.165) is 26.3 Å². The van der Waals surface area contributed by atoms with E-state index in [1.807, 2.05) is 24.3 Å². The number of morpholine rings is 1. The van der Waals surface area contributed by atoms with E-state index in [2.05, 4.69) is 28.1 Å². The second kappa shape index (κ2) is 8.92. The minimum absolute atomic E-state index is 0. The van der Waals surface area contributed by atoms with Crippen LogP contribution in [0.15, 0.2) is 41.4 Å². The summed E-state index contributed by atoms with van der Waals surface area (Å²) < 4.78 is 5.27. The molecule has 0 amide bonds. The Morgan fingerprint density at radius 1 is 1.26 bits per heavy atom. The Bertz CT molecular complexity index is 414. The van der Waals surface area contributed by atoms with Gasteiger partial charge in [0.25, 0.3) is 0 Å². The Hall–Kier alpha value is -1.08. The molecule has 1 aromatic rings. The number of nitrogens with two attached hydrogens (primary N) is 1. The lowest BCUT2D eigenvalue weighted by atomic mass is 10.2. The predicted octanol–water partition coefficient (Wildman–Crippen LogP) is 1.96. The average Bonchev–Trinajstić information content (AvgIpc) is 2.45. The maximum atomic E-state index is 5.91. The maximum Gasteiger partial charge on any atom is 0.191 e. The number of ether oxygens (including phenoxy) is 1. The summed E-state index contributed by atoms with van der Waals surface area (Å²) in [5.41, 5.74) is 7.09. The highest BCUT2D eigenvalue weighted by Gasteiger charge is 2.11. The molecule has 0 unspecified atom stereocenters. The third-order valence-corrected chi connectivity index (χ3v) is 2.80. The van der Waals surface area contributed by atoms with Crippen LogP contribution in [0.3, 0.4) is 0 Å². The van der Waals surface area contributed by atoms with Crippen molar-refractivity contribution >= 4 is 36.0 Å². The van der Waals surface area contributed by atoms with Gasteiger partial charge in [-0.3, -0.25) is 0 Å². The van der Waals surface area contributed by atoms with Crippen LogP contribution in [-0.2, 0) is 4.74 Å².